The van der Waals surface area contributed by atoms with E-state index in [2.05, 4.69) is 32.5 Å². The van der Waals surface area contributed by atoms with Crippen LogP contribution in [-0.4, -0.2) is 18.3 Å². The van der Waals surface area contributed by atoms with Crippen molar-refractivity contribution in [3.63, 3.8) is 0 Å². The number of hydrogen-bond acceptors (Lipinski definition) is 1. The summed E-state index contributed by atoms with van der Waals surface area (Å²) in [5, 5.41) is 18.1. The molecule has 0 spiro atoms. The Hall–Kier alpha value is -12.3. The van der Waals surface area contributed by atoms with Crippen LogP contribution in [0.1, 0.15) is 44.5 Å². The Bertz CT molecular complexity index is 6190. The molecule has 0 atom stereocenters. The summed E-state index contributed by atoms with van der Waals surface area (Å²) in [6, 6.07) is 68.3. The van der Waals surface area contributed by atoms with Crippen molar-refractivity contribution in [1.82, 2.24) is 18.3 Å². The highest BCUT2D eigenvalue weighted by Gasteiger charge is 2.42. The fourth-order valence-corrected chi connectivity index (χ4v) is 14.6. The fourth-order valence-electron chi connectivity index (χ4n) is 14.6. The maximum absolute atomic E-state index is 16.1. The molecular weight excluding hydrogens is 1250 g/mol. The van der Waals surface area contributed by atoms with Crippen LogP contribution in [0.5, 0.6) is 0 Å². The molecule has 0 unspecified atom stereocenters. The highest BCUT2D eigenvalue weighted by molar-refractivity contribution is 6.15. The number of para-hydroxylation sites is 8. The third kappa shape index (κ3) is 9.79. The third-order valence-electron chi connectivity index (χ3n) is 18.6. The van der Waals surface area contributed by atoms with Crippen LogP contribution >= 0.6 is 0 Å². The summed E-state index contributed by atoms with van der Waals surface area (Å²) >= 11 is 0. The van der Waals surface area contributed by atoms with Gasteiger partial charge >= 0.3 is 18.5 Å². The summed E-state index contributed by atoms with van der Waals surface area (Å²) in [4.78, 5) is 6.65. The maximum Gasteiger partial charge on any atom is 0.420 e. The minimum atomic E-state index is -4.99. The Labute approximate surface area is 554 Å². The van der Waals surface area contributed by atoms with Crippen LogP contribution in [0, 0.1) is 52.2 Å². The van der Waals surface area contributed by atoms with Crippen molar-refractivity contribution in [1.29, 1.82) is 5.26 Å². The number of aryl methyl sites for hydroxylation is 4. The number of aromatic nitrogens is 4. The van der Waals surface area contributed by atoms with Crippen LogP contribution in [0.4, 0.5) is 50.9 Å². The van der Waals surface area contributed by atoms with Gasteiger partial charge in [-0.15, -0.1) is 0 Å². The molecule has 0 fully saturated rings. The molecule has 0 bridgehead atoms. The predicted molar refractivity (Wildman–Crippen MR) is 372 cm³/mol. The van der Waals surface area contributed by atoms with Crippen LogP contribution in [-0.2, 0) is 18.5 Å². The Morgan fingerprint density at radius 2 is 0.653 bits per heavy atom. The van der Waals surface area contributed by atoms with Gasteiger partial charge in [-0.2, -0.15) is 44.8 Å². The van der Waals surface area contributed by atoms with Crippen LogP contribution in [0.3, 0.4) is 0 Å². The SMILES string of the molecule is [C-]#[N+]c1cc(-c2ccc(-n3c4ccccc4c4cccc(C)c43)c(C#N)c2-n2c3ccccc3c3cccc(C)c32)cc(C(F)(F)F)c1.[C-]#[N+]c1cc(-c2ccc(-n3c4ccccc4c4cccc(C)c43)c(C(F)(F)F)c2-n2c3ccccc3c3cccc(C)c32)cc(C(F)(F)F)c1. The lowest BCUT2D eigenvalue weighted by molar-refractivity contribution is -0.138. The molecule has 16 aromatic rings. The molecule has 12 aromatic carbocycles. The number of alkyl halides is 9. The molecule has 0 saturated heterocycles. The van der Waals surface area contributed by atoms with E-state index >= 15 is 13.2 Å². The fraction of sp³-hybridized carbons (Fsp3) is 0.0854. The average Bonchev–Trinajstić information content (AvgIpc) is 1.51. The molecule has 16 heteroatoms. The lowest BCUT2D eigenvalue weighted by atomic mass is 9.95. The number of nitrogens with zero attached hydrogens (tertiary/aromatic N) is 7. The van der Waals surface area contributed by atoms with Gasteiger partial charge in [-0.05, 0) is 134 Å². The largest absolute Gasteiger partial charge is 0.420 e. The highest BCUT2D eigenvalue weighted by atomic mass is 19.4. The molecule has 476 valence electrons. The Kier molecular flexibility index (Phi) is 14.5. The minimum Gasteiger partial charge on any atom is -0.308 e. The lowest BCUT2D eigenvalue weighted by Crippen LogP contribution is -2.17. The molecule has 4 aromatic heterocycles. The van der Waals surface area contributed by atoms with E-state index in [0.717, 1.165) is 89.3 Å². The van der Waals surface area contributed by atoms with Crippen molar-refractivity contribution in [2.24, 2.45) is 0 Å². The van der Waals surface area contributed by atoms with Gasteiger partial charge in [0.2, 0.25) is 0 Å². The van der Waals surface area contributed by atoms with E-state index in [4.69, 9.17) is 13.1 Å². The maximum atomic E-state index is 16.1. The van der Waals surface area contributed by atoms with Crippen LogP contribution in [0.2, 0.25) is 0 Å². The summed E-state index contributed by atoms with van der Waals surface area (Å²) in [6.45, 7) is 22.8. The van der Waals surface area contributed by atoms with Crippen molar-refractivity contribution in [2.45, 2.75) is 46.2 Å². The van der Waals surface area contributed by atoms with Crippen molar-refractivity contribution >= 4 is 98.6 Å². The van der Waals surface area contributed by atoms with E-state index in [1.807, 2.05) is 153 Å². The predicted octanol–water partition coefficient (Wildman–Crippen LogP) is 24.4. The molecule has 7 nitrogen and oxygen atoms in total. The third-order valence-corrected chi connectivity index (χ3v) is 18.6. The number of halogens is 9. The topological polar surface area (TPSA) is 52.2 Å². The summed E-state index contributed by atoms with van der Waals surface area (Å²) in [5.41, 5.74) is 6.68. The van der Waals surface area contributed by atoms with Gasteiger partial charge in [-0.3, -0.25) is 0 Å². The number of rotatable bonds is 6. The van der Waals surface area contributed by atoms with Gasteiger partial charge in [-0.25, -0.2) is 9.69 Å². The van der Waals surface area contributed by atoms with Crippen molar-refractivity contribution in [3.8, 4) is 51.1 Å². The van der Waals surface area contributed by atoms with Gasteiger partial charge in [0.15, 0.2) is 11.4 Å². The number of benzene rings is 12. The molecule has 0 saturated carbocycles. The van der Waals surface area contributed by atoms with Crippen LogP contribution in [0.15, 0.2) is 231 Å². The second kappa shape index (κ2) is 23.0. The Morgan fingerprint density at radius 1 is 0.337 bits per heavy atom. The van der Waals surface area contributed by atoms with Crippen molar-refractivity contribution in [3.05, 3.63) is 298 Å². The zero-order valence-corrected chi connectivity index (χ0v) is 52.5. The van der Waals surface area contributed by atoms with E-state index < -0.39 is 35.2 Å². The molecule has 0 aliphatic carbocycles. The second-order valence-corrected chi connectivity index (χ2v) is 24.4. The molecule has 0 aliphatic heterocycles. The van der Waals surface area contributed by atoms with Crippen molar-refractivity contribution < 1.29 is 39.5 Å². The van der Waals surface area contributed by atoms with Gasteiger partial charge in [0.25, 0.3) is 0 Å². The first kappa shape index (κ1) is 61.8. The molecule has 16 rings (SSSR count). The van der Waals surface area contributed by atoms with E-state index in [9.17, 15) is 31.6 Å². The quantitative estimate of drug-likeness (QED) is 0.121. The summed E-state index contributed by atoms with van der Waals surface area (Å²) in [6.07, 6.45) is -14.5. The van der Waals surface area contributed by atoms with Gasteiger partial charge in [0.05, 0.1) is 80.0 Å². The summed E-state index contributed by atoms with van der Waals surface area (Å²) in [5.74, 6) is 0. The molecule has 0 radical (unpaired) electrons. The molecule has 4 heterocycles. The smallest absolute Gasteiger partial charge is 0.308 e. The van der Waals surface area contributed by atoms with Gasteiger partial charge in [0, 0.05) is 65.3 Å². The van der Waals surface area contributed by atoms with E-state index in [-0.39, 0.29) is 39.4 Å². The molecule has 0 N–H and O–H groups in total. The van der Waals surface area contributed by atoms with Crippen molar-refractivity contribution in [2.75, 3.05) is 0 Å². The average molecular weight is 1300 g/mol. The normalized spacial score (nSPS) is 12.1. The zero-order chi connectivity index (χ0) is 68.4. The number of fused-ring (bicyclic) bond motifs is 12. The van der Waals surface area contributed by atoms with Gasteiger partial charge < -0.3 is 18.3 Å². The number of nitriles is 1. The van der Waals surface area contributed by atoms with E-state index in [1.54, 1.807) is 54.0 Å². The van der Waals surface area contributed by atoms with Gasteiger partial charge in [-0.1, -0.05) is 158 Å². The highest BCUT2D eigenvalue weighted by Crippen LogP contribution is 2.51. The Morgan fingerprint density at radius 3 is 1.01 bits per heavy atom. The van der Waals surface area contributed by atoms with E-state index in [1.165, 1.54) is 28.8 Å². The first-order valence-corrected chi connectivity index (χ1v) is 31.1. The molecule has 98 heavy (non-hydrogen) atoms. The zero-order valence-electron chi connectivity index (χ0n) is 52.5. The molecule has 0 aliphatic rings. The number of hydrogen-bond donors (Lipinski definition) is 0. The monoisotopic (exact) mass is 1300 g/mol. The lowest BCUT2D eigenvalue weighted by Gasteiger charge is -2.25. The standard InChI is InChI=1S/C41H25F6N3.C41H25F3N4/c1-23-10-8-14-31-29-12-4-6-16-33(29)49(37(23)31)35-19-18-28(25-20-26(40(42,43)44)22-27(21-25)48-3)39(36(35)41(45,46)47)50-34-17-7-5-13-30(34)32-15-9-11-24(2)38(32)50;1-24-10-8-14-32-30-12-4-6-16-35(30)47(38(24)32)37-19-18-29(26-20-27(41(42,43)44)22-28(21-26)46-3)40(34(37)23-45)48-36-17-7-5-13-31(36)33-15-9-11-25(2)39(33)48/h4-22H,1-2H3;4-22H,1-2H3. The minimum absolute atomic E-state index is 0.0968. The molecule has 0 amide bonds. The first-order chi connectivity index (χ1) is 47.1. The molecular formula is C82H50F9N7. The first-order valence-electron chi connectivity index (χ1n) is 31.1. The van der Waals surface area contributed by atoms with Crippen LogP contribution in [0.25, 0.3) is 142 Å². The second-order valence-electron chi connectivity index (χ2n) is 24.4. The summed E-state index contributed by atoms with van der Waals surface area (Å²) in [7, 11) is 0. The Balaban J connectivity index is 0.000000160. The van der Waals surface area contributed by atoms with Gasteiger partial charge in [0.1, 0.15) is 17.2 Å². The summed E-state index contributed by atoms with van der Waals surface area (Å²) < 4.78 is 141. The van der Waals surface area contributed by atoms with E-state index in [0.29, 0.717) is 67.0 Å². The van der Waals surface area contributed by atoms with Crippen LogP contribution < -0.4 is 0 Å².